The summed E-state index contributed by atoms with van der Waals surface area (Å²) in [7, 11) is 0. The first-order valence-electron chi connectivity index (χ1n) is 7.74. The number of carbonyl (C=O) groups excluding carboxylic acids is 1. The van der Waals surface area contributed by atoms with Gasteiger partial charge in [-0.25, -0.2) is 4.79 Å². The Bertz CT molecular complexity index is 762. The second kappa shape index (κ2) is 6.57. The van der Waals surface area contributed by atoms with Crippen LogP contribution in [0.2, 0.25) is 0 Å². The number of urea groups is 1. The number of benzene rings is 2. The second-order valence-electron chi connectivity index (χ2n) is 5.66. The molecular formula is C19H20N2O2. The van der Waals surface area contributed by atoms with Gasteiger partial charge in [-0.15, -0.1) is 0 Å². The van der Waals surface area contributed by atoms with E-state index in [1.165, 1.54) is 0 Å². The number of rotatable bonds is 4. The van der Waals surface area contributed by atoms with Crippen molar-refractivity contribution in [1.82, 2.24) is 10.6 Å². The van der Waals surface area contributed by atoms with Crippen molar-refractivity contribution in [2.24, 2.45) is 0 Å². The van der Waals surface area contributed by atoms with Crippen LogP contribution in [0, 0.1) is 0 Å². The molecule has 4 nitrogen and oxygen atoms in total. The topological polar surface area (TPSA) is 54.3 Å². The molecule has 4 heteroatoms. The third-order valence-electron chi connectivity index (χ3n) is 3.87. The van der Waals surface area contributed by atoms with E-state index in [1.54, 1.807) is 0 Å². The summed E-state index contributed by atoms with van der Waals surface area (Å²) in [4.78, 5) is 12.2. The molecule has 0 fully saturated rings. The molecule has 0 aliphatic carbocycles. The Kier molecular flexibility index (Phi) is 4.33. The molecule has 2 amide bonds. The maximum Gasteiger partial charge on any atom is 0.315 e. The van der Waals surface area contributed by atoms with Gasteiger partial charge in [0.15, 0.2) is 0 Å². The third-order valence-corrected chi connectivity index (χ3v) is 3.87. The second-order valence-corrected chi connectivity index (χ2v) is 5.66. The molecule has 2 atom stereocenters. The molecule has 2 aromatic carbocycles. The van der Waals surface area contributed by atoms with Crippen LogP contribution >= 0.6 is 0 Å². The monoisotopic (exact) mass is 308 g/mol. The molecule has 3 rings (SSSR count). The van der Waals surface area contributed by atoms with Gasteiger partial charge in [-0.2, -0.15) is 0 Å². The molecule has 0 spiro atoms. The van der Waals surface area contributed by atoms with E-state index in [0.717, 1.165) is 22.3 Å². The van der Waals surface area contributed by atoms with Crippen LogP contribution in [0.25, 0.3) is 11.0 Å². The van der Waals surface area contributed by atoms with E-state index < -0.39 is 0 Å². The van der Waals surface area contributed by atoms with Gasteiger partial charge in [0.25, 0.3) is 0 Å². The molecule has 0 saturated heterocycles. The quantitative estimate of drug-likeness (QED) is 0.742. The van der Waals surface area contributed by atoms with E-state index in [-0.39, 0.29) is 18.1 Å². The van der Waals surface area contributed by atoms with Crippen molar-refractivity contribution in [3.63, 3.8) is 0 Å². The summed E-state index contributed by atoms with van der Waals surface area (Å²) in [6, 6.07) is 19.2. The van der Waals surface area contributed by atoms with Gasteiger partial charge in [-0.3, -0.25) is 0 Å². The molecule has 0 unspecified atom stereocenters. The van der Waals surface area contributed by atoms with Crippen LogP contribution in [-0.4, -0.2) is 6.03 Å². The lowest BCUT2D eigenvalue weighted by Gasteiger charge is -2.17. The summed E-state index contributed by atoms with van der Waals surface area (Å²) in [5.74, 6) is 0.744. The molecule has 0 bridgehead atoms. The van der Waals surface area contributed by atoms with Crippen molar-refractivity contribution in [2.75, 3.05) is 0 Å². The summed E-state index contributed by atoms with van der Waals surface area (Å²) in [6.45, 7) is 3.87. The average molecular weight is 308 g/mol. The molecule has 3 aromatic rings. The zero-order valence-electron chi connectivity index (χ0n) is 13.2. The Labute approximate surface area is 135 Å². The molecule has 2 N–H and O–H groups in total. The van der Waals surface area contributed by atoms with Gasteiger partial charge < -0.3 is 15.1 Å². The van der Waals surface area contributed by atoms with Crippen LogP contribution < -0.4 is 10.6 Å². The summed E-state index contributed by atoms with van der Waals surface area (Å²) in [5.41, 5.74) is 1.90. The summed E-state index contributed by atoms with van der Waals surface area (Å²) < 4.78 is 5.78. The predicted molar refractivity (Wildman–Crippen MR) is 91.2 cm³/mol. The molecule has 0 radical (unpaired) electrons. The fourth-order valence-electron chi connectivity index (χ4n) is 2.55. The van der Waals surface area contributed by atoms with Crippen molar-refractivity contribution in [2.45, 2.75) is 25.9 Å². The van der Waals surface area contributed by atoms with E-state index in [9.17, 15) is 4.79 Å². The van der Waals surface area contributed by atoms with Crippen molar-refractivity contribution < 1.29 is 9.21 Å². The fraction of sp³-hybridized carbons (Fsp3) is 0.211. The number of hydrogen-bond donors (Lipinski definition) is 2. The van der Waals surface area contributed by atoms with Gasteiger partial charge in [0.05, 0.1) is 12.1 Å². The third kappa shape index (κ3) is 3.54. The number of fused-ring (bicyclic) bond motifs is 1. The number of furan rings is 1. The van der Waals surface area contributed by atoms with E-state index in [0.29, 0.717) is 0 Å². The summed E-state index contributed by atoms with van der Waals surface area (Å²) in [6.07, 6.45) is 0. The van der Waals surface area contributed by atoms with Crippen LogP contribution in [-0.2, 0) is 0 Å². The van der Waals surface area contributed by atoms with E-state index in [1.807, 2.05) is 74.5 Å². The SMILES string of the molecule is C[C@H](NC(=O)N[C@H](C)c1cc2ccccc2o1)c1ccccc1. The van der Waals surface area contributed by atoms with Crippen LogP contribution in [0.4, 0.5) is 4.79 Å². The Morgan fingerprint density at radius 1 is 0.913 bits per heavy atom. The molecule has 1 heterocycles. The maximum atomic E-state index is 12.2. The van der Waals surface area contributed by atoms with Gasteiger partial charge in [0.1, 0.15) is 11.3 Å². The van der Waals surface area contributed by atoms with Crippen molar-refractivity contribution in [3.05, 3.63) is 72.0 Å². The molecule has 1 aromatic heterocycles. The first-order chi connectivity index (χ1) is 11.1. The number of hydrogen-bond acceptors (Lipinski definition) is 2. The van der Waals surface area contributed by atoms with Crippen molar-refractivity contribution >= 4 is 17.0 Å². The van der Waals surface area contributed by atoms with Crippen molar-refractivity contribution in [1.29, 1.82) is 0 Å². The lowest BCUT2D eigenvalue weighted by Crippen LogP contribution is -2.38. The van der Waals surface area contributed by atoms with Crippen LogP contribution in [0.15, 0.2) is 65.1 Å². The number of carbonyl (C=O) groups is 1. The Morgan fingerprint density at radius 3 is 2.30 bits per heavy atom. The largest absolute Gasteiger partial charge is 0.459 e. The summed E-state index contributed by atoms with van der Waals surface area (Å²) in [5, 5.41) is 6.89. The zero-order chi connectivity index (χ0) is 16.2. The highest BCUT2D eigenvalue weighted by Crippen LogP contribution is 2.23. The van der Waals surface area contributed by atoms with E-state index >= 15 is 0 Å². The molecule has 0 saturated carbocycles. The smallest absolute Gasteiger partial charge is 0.315 e. The van der Waals surface area contributed by atoms with Crippen molar-refractivity contribution in [3.8, 4) is 0 Å². The van der Waals surface area contributed by atoms with Gasteiger partial charge in [0, 0.05) is 5.39 Å². The standard InChI is InChI=1S/C19H20N2O2/c1-13(15-8-4-3-5-9-15)20-19(22)21-14(2)18-12-16-10-6-7-11-17(16)23-18/h3-14H,1-2H3,(H2,20,21,22)/t13-,14+/m0/s1. The highest BCUT2D eigenvalue weighted by molar-refractivity contribution is 5.78. The molecular weight excluding hydrogens is 288 g/mol. The minimum Gasteiger partial charge on any atom is -0.459 e. The van der Waals surface area contributed by atoms with E-state index in [4.69, 9.17) is 4.42 Å². The molecule has 0 aliphatic rings. The number of para-hydroxylation sites is 1. The molecule has 118 valence electrons. The highest BCUT2D eigenvalue weighted by atomic mass is 16.3. The van der Waals surface area contributed by atoms with Gasteiger partial charge in [-0.1, -0.05) is 48.5 Å². The first-order valence-corrected chi connectivity index (χ1v) is 7.74. The summed E-state index contributed by atoms with van der Waals surface area (Å²) >= 11 is 0. The highest BCUT2D eigenvalue weighted by Gasteiger charge is 2.15. The predicted octanol–water partition coefficient (Wildman–Crippen LogP) is 4.55. The van der Waals surface area contributed by atoms with Crippen LogP contribution in [0.1, 0.15) is 37.3 Å². The fourth-order valence-corrected chi connectivity index (χ4v) is 2.55. The zero-order valence-corrected chi connectivity index (χ0v) is 13.2. The Balaban J connectivity index is 1.63. The van der Waals surface area contributed by atoms with E-state index in [2.05, 4.69) is 10.6 Å². The Morgan fingerprint density at radius 2 is 1.57 bits per heavy atom. The van der Waals surface area contributed by atoms with Gasteiger partial charge in [-0.05, 0) is 31.5 Å². The molecule has 23 heavy (non-hydrogen) atoms. The lowest BCUT2D eigenvalue weighted by molar-refractivity contribution is 0.233. The minimum absolute atomic E-state index is 0.0564. The van der Waals surface area contributed by atoms with Crippen LogP contribution in [0.3, 0.4) is 0 Å². The Hall–Kier alpha value is -2.75. The maximum absolute atomic E-state index is 12.2. The number of nitrogens with one attached hydrogen (secondary N) is 2. The molecule has 0 aliphatic heterocycles. The normalized spacial score (nSPS) is 13.5. The van der Waals surface area contributed by atoms with Gasteiger partial charge >= 0.3 is 6.03 Å². The first kappa shape index (κ1) is 15.2. The average Bonchev–Trinajstić information content (AvgIpc) is 2.99. The minimum atomic E-state index is -0.214. The lowest BCUT2D eigenvalue weighted by atomic mass is 10.1. The number of amides is 2. The van der Waals surface area contributed by atoms with Gasteiger partial charge in [0.2, 0.25) is 0 Å². The van der Waals surface area contributed by atoms with Crippen LogP contribution in [0.5, 0.6) is 0 Å².